The van der Waals surface area contributed by atoms with Crippen LogP contribution in [0.15, 0.2) is 42.5 Å². The Balaban J connectivity index is 1.74. The lowest BCUT2D eigenvalue weighted by Gasteiger charge is -2.06. The minimum absolute atomic E-state index is 0.243. The molecule has 0 atom stereocenters. The van der Waals surface area contributed by atoms with Gasteiger partial charge < -0.3 is 15.8 Å². The number of ether oxygens (including phenoxy) is 1. The van der Waals surface area contributed by atoms with Gasteiger partial charge in [0.2, 0.25) is 0 Å². The second-order valence-corrected chi connectivity index (χ2v) is 6.05. The van der Waals surface area contributed by atoms with Crippen LogP contribution in [0.2, 0.25) is 0 Å². The van der Waals surface area contributed by atoms with E-state index >= 15 is 0 Å². The second kappa shape index (κ2) is 6.67. The number of fused-ring (bicyclic) bond motifs is 1. The molecular formula is C17H15N3O3S. The fraction of sp³-hybridized carbons (Fsp3) is 0.118. The molecule has 1 amide bonds. The van der Waals surface area contributed by atoms with Crippen LogP contribution in [0.3, 0.4) is 0 Å². The largest absolute Gasteiger partial charge is 0.462 e. The monoisotopic (exact) mass is 341 g/mol. The van der Waals surface area contributed by atoms with Gasteiger partial charge in [0.25, 0.3) is 5.91 Å². The minimum Gasteiger partial charge on any atom is -0.462 e. The van der Waals surface area contributed by atoms with Crippen molar-refractivity contribution in [1.29, 1.82) is 0 Å². The summed E-state index contributed by atoms with van der Waals surface area (Å²) in [7, 11) is 0. The molecule has 0 fully saturated rings. The highest BCUT2D eigenvalue weighted by Crippen LogP contribution is 2.25. The number of hydrogen-bond donors (Lipinski definition) is 2. The Hall–Kier alpha value is -2.93. The Morgan fingerprint density at radius 1 is 1.17 bits per heavy atom. The number of thiazole rings is 1. The topological polar surface area (TPSA) is 94.3 Å². The predicted molar refractivity (Wildman–Crippen MR) is 94.4 cm³/mol. The lowest BCUT2D eigenvalue weighted by atomic mass is 10.1. The van der Waals surface area contributed by atoms with Crippen molar-refractivity contribution in [3.05, 3.63) is 53.6 Å². The molecule has 0 saturated heterocycles. The molecule has 2 aromatic carbocycles. The van der Waals surface area contributed by atoms with Gasteiger partial charge in [-0.2, -0.15) is 0 Å². The van der Waals surface area contributed by atoms with E-state index in [4.69, 9.17) is 10.5 Å². The number of rotatable bonds is 4. The molecule has 0 aliphatic heterocycles. The van der Waals surface area contributed by atoms with E-state index in [-0.39, 0.29) is 11.9 Å². The Kier molecular flexibility index (Phi) is 4.43. The first-order valence-electron chi connectivity index (χ1n) is 7.31. The summed E-state index contributed by atoms with van der Waals surface area (Å²) in [6, 6.07) is 11.8. The summed E-state index contributed by atoms with van der Waals surface area (Å²) in [5.41, 5.74) is 7.99. The predicted octanol–water partition coefficient (Wildman–Crippen LogP) is 3.31. The molecule has 0 spiro atoms. The Morgan fingerprint density at radius 2 is 1.88 bits per heavy atom. The van der Waals surface area contributed by atoms with Gasteiger partial charge in [-0.05, 0) is 49.4 Å². The fourth-order valence-electron chi connectivity index (χ4n) is 2.19. The number of nitrogens with two attached hydrogens (primary N) is 1. The van der Waals surface area contributed by atoms with Crippen LogP contribution < -0.4 is 11.1 Å². The maximum atomic E-state index is 12.3. The van der Waals surface area contributed by atoms with E-state index in [2.05, 4.69) is 10.3 Å². The number of hydrogen-bond acceptors (Lipinski definition) is 6. The summed E-state index contributed by atoms with van der Waals surface area (Å²) in [6.45, 7) is 2.07. The summed E-state index contributed by atoms with van der Waals surface area (Å²) in [5.74, 6) is -0.628. The summed E-state index contributed by atoms with van der Waals surface area (Å²) in [6.07, 6.45) is 0. The van der Waals surface area contributed by atoms with Crippen LogP contribution in [0.4, 0.5) is 10.8 Å². The highest BCUT2D eigenvalue weighted by Gasteiger charge is 2.10. The standard InChI is InChI=1S/C17H15N3O3S/c1-2-23-16(22)10-3-6-12(7-4-10)19-15(21)11-5-8-13-14(9-11)24-17(18)20-13/h3-9H,2H2,1H3,(H2,18,20)(H,19,21). The van der Waals surface area contributed by atoms with Gasteiger partial charge >= 0.3 is 5.97 Å². The van der Waals surface area contributed by atoms with Crippen LogP contribution in [0.5, 0.6) is 0 Å². The van der Waals surface area contributed by atoms with Crippen LogP contribution in [-0.4, -0.2) is 23.5 Å². The van der Waals surface area contributed by atoms with Crippen LogP contribution in [0.25, 0.3) is 10.2 Å². The third kappa shape index (κ3) is 3.36. The third-order valence-corrected chi connectivity index (χ3v) is 4.17. The molecule has 6 nitrogen and oxygen atoms in total. The van der Waals surface area contributed by atoms with E-state index in [1.807, 2.05) is 0 Å². The number of carbonyl (C=O) groups excluding carboxylic acids is 2. The minimum atomic E-state index is -0.386. The lowest BCUT2D eigenvalue weighted by Crippen LogP contribution is -2.12. The molecule has 0 bridgehead atoms. The molecule has 24 heavy (non-hydrogen) atoms. The summed E-state index contributed by atoms with van der Waals surface area (Å²) >= 11 is 1.34. The molecule has 7 heteroatoms. The maximum absolute atomic E-state index is 12.3. The summed E-state index contributed by atoms with van der Waals surface area (Å²) in [5, 5.41) is 3.26. The molecule has 0 aliphatic rings. The number of esters is 1. The quantitative estimate of drug-likeness (QED) is 0.710. The number of benzene rings is 2. The van der Waals surface area contributed by atoms with E-state index in [1.165, 1.54) is 11.3 Å². The van der Waals surface area contributed by atoms with Gasteiger partial charge in [0, 0.05) is 11.3 Å². The molecule has 0 aliphatic carbocycles. The first-order valence-corrected chi connectivity index (χ1v) is 8.13. The van der Waals surface area contributed by atoms with Gasteiger partial charge in [-0.25, -0.2) is 9.78 Å². The SMILES string of the molecule is CCOC(=O)c1ccc(NC(=O)c2ccc3nc(N)sc3c2)cc1. The molecule has 3 N–H and O–H groups in total. The zero-order valence-corrected chi connectivity index (χ0v) is 13.7. The smallest absolute Gasteiger partial charge is 0.338 e. The van der Waals surface area contributed by atoms with E-state index in [0.717, 1.165) is 10.2 Å². The summed E-state index contributed by atoms with van der Waals surface area (Å²) < 4.78 is 5.78. The highest BCUT2D eigenvalue weighted by molar-refractivity contribution is 7.22. The number of nitrogens with one attached hydrogen (secondary N) is 1. The van der Waals surface area contributed by atoms with E-state index in [0.29, 0.717) is 28.6 Å². The molecule has 1 aromatic heterocycles. The first kappa shape index (κ1) is 15.9. The van der Waals surface area contributed by atoms with Crippen molar-refractivity contribution in [2.75, 3.05) is 17.7 Å². The van der Waals surface area contributed by atoms with Crippen LogP contribution in [0, 0.1) is 0 Å². The Morgan fingerprint density at radius 3 is 2.58 bits per heavy atom. The van der Waals surface area contributed by atoms with Gasteiger partial charge in [-0.15, -0.1) is 0 Å². The van der Waals surface area contributed by atoms with Gasteiger partial charge in [0.05, 0.1) is 22.4 Å². The van der Waals surface area contributed by atoms with Crippen molar-refractivity contribution in [3.8, 4) is 0 Å². The van der Waals surface area contributed by atoms with Crippen molar-refractivity contribution in [2.24, 2.45) is 0 Å². The molecule has 3 aromatic rings. The lowest BCUT2D eigenvalue weighted by molar-refractivity contribution is 0.0526. The average Bonchev–Trinajstić information content (AvgIpc) is 2.94. The average molecular weight is 341 g/mol. The van der Waals surface area contributed by atoms with Gasteiger partial charge in [0.15, 0.2) is 5.13 Å². The van der Waals surface area contributed by atoms with Crippen molar-refractivity contribution >= 4 is 44.2 Å². The number of aromatic nitrogens is 1. The van der Waals surface area contributed by atoms with Crippen LogP contribution in [0.1, 0.15) is 27.6 Å². The van der Waals surface area contributed by atoms with Crippen molar-refractivity contribution in [3.63, 3.8) is 0 Å². The number of nitrogens with zero attached hydrogens (tertiary/aromatic N) is 1. The maximum Gasteiger partial charge on any atom is 0.338 e. The van der Waals surface area contributed by atoms with Crippen molar-refractivity contribution in [1.82, 2.24) is 4.98 Å². The van der Waals surface area contributed by atoms with E-state index in [1.54, 1.807) is 49.4 Å². The number of amides is 1. The van der Waals surface area contributed by atoms with Crippen molar-refractivity contribution < 1.29 is 14.3 Å². The fourth-order valence-corrected chi connectivity index (χ4v) is 2.96. The zero-order chi connectivity index (χ0) is 17.1. The Labute approximate surface area is 142 Å². The zero-order valence-electron chi connectivity index (χ0n) is 12.9. The van der Waals surface area contributed by atoms with E-state index in [9.17, 15) is 9.59 Å². The van der Waals surface area contributed by atoms with Crippen LogP contribution in [-0.2, 0) is 4.74 Å². The summed E-state index contributed by atoms with van der Waals surface area (Å²) in [4.78, 5) is 28.1. The molecule has 0 saturated carbocycles. The number of nitrogen functional groups attached to an aromatic ring is 1. The normalized spacial score (nSPS) is 10.5. The number of anilines is 2. The number of carbonyl (C=O) groups is 2. The molecule has 0 unspecified atom stereocenters. The van der Waals surface area contributed by atoms with Crippen molar-refractivity contribution in [2.45, 2.75) is 6.92 Å². The molecular weight excluding hydrogens is 326 g/mol. The molecule has 0 radical (unpaired) electrons. The van der Waals surface area contributed by atoms with Gasteiger partial charge in [-0.1, -0.05) is 11.3 Å². The molecule has 122 valence electrons. The highest BCUT2D eigenvalue weighted by atomic mass is 32.1. The Bertz CT molecular complexity index is 903. The second-order valence-electron chi connectivity index (χ2n) is 4.99. The van der Waals surface area contributed by atoms with E-state index < -0.39 is 0 Å². The first-order chi connectivity index (χ1) is 11.6. The van der Waals surface area contributed by atoms with Gasteiger partial charge in [0.1, 0.15) is 0 Å². The van der Waals surface area contributed by atoms with Crippen LogP contribution >= 0.6 is 11.3 Å². The molecule has 3 rings (SSSR count). The molecule has 1 heterocycles. The third-order valence-electron chi connectivity index (χ3n) is 3.32. The van der Waals surface area contributed by atoms with Gasteiger partial charge in [-0.3, -0.25) is 4.79 Å².